The van der Waals surface area contributed by atoms with Gasteiger partial charge < -0.3 is 9.64 Å². The van der Waals surface area contributed by atoms with Gasteiger partial charge in [0.05, 0.1) is 5.54 Å². The molecule has 0 bridgehead atoms. The highest BCUT2D eigenvalue weighted by Gasteiger charge is 2.50. The Morgan fingerprint density at radius 2 is 1.74 bits per heavy atom. The van der Waals surface area contributed by atoms with Crippen molar-refractivity contribution in [3.8, 4) is 0 Å². The maximum absolute atomic E-state index is 12.2. The number of hydrogen-bond donors (Lipinski definition) is 1. The number of hydrogen-bond acceptors (Lipinski definition) is 4. The Hall–Kier alpha value is -0.420. The fourth-order valence-corrected chi connectivity index (χ4v) is 3.21. The van der Waals surface area contributed by atoms with Crippen molar-refractivity contribution in [2.24, 2.45) is 0 Å². The summed E-state index contributed by atoms with van der Waals surface area (Å²) in [5.41, 5.74) is -0.352. The molecule has 19 heavy (non-hydrogen) atoms. The first-order chi connectivity index (χ1) is 8.73. The summed E-state index contributed by atoms with van der Waals surface area (Å²) in [5.74, 6) is 0. The Bertz CT molecular complexity index is 344. The lowest BCUT2D eigenvalue weighted by molar-refractivity contribution is -0.0697. The van der Waals surface area contributed by atoms with Crippen molar-refractivity contribution in [2.45, 2.75) is 63.5 Å². The molecule has 1 unspecified atom stereocenters. The van der Waals surface area contributed by atoms with Gasteiger partial charge in [-0.25, -0.2) is 4.79 Å². The van der Waals surface area contributed by atoms with Crippen LogP contribution in [0, 0.1) is 0 Å². The summed E-state index contributed by atoms with van der Waals surface area (Å²) in [7, 11) is 0. The number of likely N-dealkylation sites (tertiary alicyclic amines) is 2. The van der Waals surface area contributed by atoms with E-state index in [1.54, 1.807) is 0 Å². The lowest BCUT2D eigenvalue weighted by Gasteiger charge is -2.56. The second-order valence-electron chi connectivity index (χ2n) is 6.77. The van der Waals surface area contributed by atoms with Gasteiger partial charge in [0.25, 0.3) is 0 Å². The smallest absolute Gasteiger partial charge is 0.410 e. The van der Waals surface area contributed by atoms with Crippen LogP contribution in [-0.4, -0.2) is 52.0 Å². The van der Waals surface area contributed by atoms with Gasteiger partial charge in [-0.3, -0.25) is 4.90 Å². The molecule has 0 aromatic heterocycles. The van der Waals surface area contributed by atoms with Crippen LogP contribution in [0.1, 0.15) is 47.0 Å². The second kappa shape index (κ2) is 5.17. The minimum Gasteiger partial charge on any atom is -0.444 e. The number of rotatable bonds is 1. The predicted molar refractivity (Wildman–Crippen MR) is 79.5 cm³/mol. The van der Waals surface area contributed by atoms with Crippen LogP contribution in [-0.2, 0) is 4.74 Å². The largest absolute Gasteiger partial charge is 0.444 e. The van der Waals surface area contributed by atoms with E-state index in [2.05, 4.69) is 24.5 Å². The number of amides is 1. The molecule has 0 radical (unpaired) electrons. The summed E-state index contributed by atoms with van der Waals surface area (Å²) in [6, 6.07) is 0. The third kappa shape index (κ3) is 3.19. The second-order valence-corrected chi connectivity index (χ2v) is 7.52. The van der Waals surface area contributed by atoms with Crippen LogP contribution >= 0.6 is 12.6 Å². The number of piperidine rings is 1. The van der Waals surface area contributed by atoms with E-state index in [0.717, 1.165) is 38.9 Å². The van der Waals surface area contributed by atoms with Crippen LogP contribution in [0.15, 0.2) is 0 Å². The van der Waals surface area contributed by atoms with Crippen LogP contribution in [0.2, 0.25) is 0 Å². The average Bonchev–Trinajstić information content (AvgIpc) is 2.25. The van der Waals surface area contributed by atoms with Crippen LogP contribution in [0.4, 0.5) is 4.79 Å². The predicted octanol–water partition coefficient (Wildman–Crippen LogP) is 2.74. The Kier molecular flexibility index (Phi) is 4.07. The lowest BCUT2D eigenvalue weighted by Crippen LogP contribution is -2.66. The highest BCUT2D eigenvalue weighted by atomic mass is 32.1. The molecule has 110 valence electrons. The summed E-state index contributed by atoms with van der Waals surface area (Å²) in [4.78, 5) is 16.5. The van der Waals surface area contributed by atoms with E-state index in [4.69, 9.17) is 4.74 Å². The maximum atomic E-state index is 12.2. The molecular weight excluding hydrogens is 260 g/mol. The first-order valence-electron chi connectivity index (χ1n) is 7.16. The standard InChI is InChI=1S/C14H26N2O2S/c1-11(19)15-8-5-14(6-9-15)7-10-16(14)12(17)18-13(2,3)4/h11,19H,5-10H2,1-4H3. The minimum absolute atomic E-state index is 0.0570. The van der Waals surface area contributed by atoms with Gasteiger partial charge in [-0.2, -0.15) is 12.6 Å². The van der Waals surface area contributed by atoms with E-state index in [-0.39, 0.29) is 11.6 Å². The van der Waals surface area contributed by atoms with Crippen molar-refractivity contribution in [3.05, 3.63) is 0 Å². The molecule has 2 fully saturated rings. The topological polar surface area (TPSA) is 32.8 Å². The number of thiol groups is 1. The molecule has 0 aromatic rings. The average molecular weight is 286 g/mol. The normalized spacial score (nSPS) is 25.0. The van der Waals surface area contributed by atoms with Crippen molar-refractivity contribution in [1.29, 1.82) is 0 Å². The summed E-state index contributed by atoms with van der Waals surface area (Å²) in [6.45, 7) is 10.7. The Morgan fingerprint density at radius 3 is 2.11 bits per heavy atom. The molecule has 2 aliphatic heterocycles. The fraction of sp³-hybridized carbons (Fsp3) is 0.929. The highest BCUT2D eigenvalue weighted by Crippen LogP contribution is 2.41. The quantitative estimate of drug-likeness (QED) is 0.752. The van der Waals surface area contributed by atoms with Gasteiger partial charge in [-0.05, 0) is 47.0 Å². The third-order valence-corrected chi connectivity index (χ3v) is 4.57. The van der Waals surface area contributed by atoms with Gasteiger partial charge in [-0.1, -0.05) is 0 Å². The van der Waals surface area contributed by atoms with Crippen molar-refractivity contribution in [1.82, 2.24) is 9.80 Å². The third-order valence-electron chi connectivity index (χ3n) is 4.24. The van der Waals surface area contributed by atoms with E-state index in [9.17, 15) is 4.79 Å². The van der Waals surface area contributed by atoms with Gasteiger partial charge >= 0.3 is 6.09 Å². The van der Waals surface area contributed by atoms with Crippen molar-refractivity contribution in [3.63, 3.8) is 0 Å². The van der Waals surface area contributed by atoms with E-state index in [1.807, 2.05) is 25.7 Å². The molecule has 2 heterocycles. The molecule has 0 aliphatic carbocycles. The Labute approximate surface area is 121 Å². The van der Waals surface area contributed by atoms with E-state index < -0.39 is 5.60 Å². The number of carbonyl (C=O) groups is 1. The van der Waals surface area contributed by atoms with Crippen LogP contribution in [0.25, 0.3) is 0 Å². The van der Waals surface area contributed by atoms with Crippen molar-refractivity contribution < 1.29 is 9.53 Å². The van der Waals surface area contributed by atoms with Crippen molar-refractivity contribution in [2.75, 3.05) is 19.6 Å². The molecule has 2 saturated heterocycles. The van der Waals surface area contributed by atoms with Gasteiger partial charge in [0.2, 0.25) is 0 Å². The molecule has 0 saturated carbocycles. The lowest BCUT2D eigenvalue weighted by atomic mass is 9.76. The number of carbonyl (C=O) groups excluding carboxylic acids is 1. The van der Waals surface area contributed by atoms with Gasteiger partial charge in [0, 0.05) is 25.0 Å². The summed E-state index contributed by atoms with van der Waals surface area (Å²) >= 11 is 4.49. The van der Waals surface area contributed by atoms with E-state index in [1.165, 1.54) is 0 Å². The van der Waals surface area contributed by atoms with Crippen molar-refractivity contribution >= 4 is 18.7 Å². The van der Waals surface area contributed by atoms with Crippen LogP contribution < -0.4 is 0 Å². The first-order valence-corrected chi connectivity index (χ1v) is 7.68. The maximum Gasteiger partial charge on any atom is 0.410 e. The number of nitrogens with zero attached hydrogens (tertiary/aromatic N) is 2. The van der Waals surface area contributed by atoms with E-state index in [0.29, 0.717) is 5.37 Å². The highest BCUT2D eigenvalue weighted by molar-refractivity contribution is 7.80. The zero-order valence-electron chi connectivity index (χ0n) is 12.5. The molecule has 0 aromatic carbocycles. The zero-order chi connectivity index (χ0) is 14.3. The number of ether oxygens (including phenoxy) is 1. The molecule has 1 atom stereocenters. The van der Waals surface area contributed by atoms with Crippen LogP contribution in [0.3, 0.4) is 0 Å². The molecule has 0 N–H and O–H groups in total. The van der Waals surface area contributed by atoms with E-state index >= 15 is 0 Å². The van der Waals surface area contributed by atoms with Crippen LogP contribution in [0.5, 0.6) is 0 Å². The summed E-state index contributed by atoms with van der Waals surface area (Å²) < 4.78 is 5.50. The fourth-order valence-electron chi connectivity index (χ4n) is 2.98. The SMILES string of the molecule is CC(S)N1CCC2(CC1)CCN2C(=O)OC(C)(C)C. The van der Waals surface area contributed by atoms with Gasteiger partial charge in [-0.15, -0.1) is 0 Å². The zero-order valence-corrected chi connectivity index (χ0v) is 13.4. The molecule has 1 spiro atoms. The monoisotopic (exact) mass is 286 g/mol. The molecule has 5 heteroatoms. The summed E-state index contributed by atoms with van der Waals surface area (Å²) in [5, 5.41) is 0.299. The van der Waals surface area contributed by atoms with Gasteiger partial charge in [0.1, 0.15) is 5.60 Å². The molecular formula is C14H26N2O2S. The molecule has 2 rings (SSSR count). The minimum atomic E-state index is -0.409. The summed E-state index contributed by atoms with van der Waals surface area (Å²) in [6.07, 6.45) is 3.04. The Morgan fingerprint density at radius 1 is 1.21 bits per heavy atom. The Balaban J connectivity index is 1.94. The van der Waals surface area contributed by atoms with Gasteiger partial charge in [0.15, 0.2) is 0 Å². The molecule has 2 aliphatic rings. The molecule has 4 nitrogen and oxygen atoms in total. The first kappa shape index (κ1) is 15.0. The molecule has 1 amide bonds.